The molecule has 2 saturated heterocycles. The Kier molecular flexibility index (Phi) is 11.5. The number of piperidine rings is 2. The van der Waals surface area contributed by atoms with E-state index < -0.39 is 31.6 Å². The minimum Gasteiger partial charge on any atom is -0.444 e. The molecule has 198 valence electrons. The van der Waals surface area contributed by atoms with Crippen molar-refractivity contribution in [3.8, 4) is 0 Å². The first-order valence-corrected chi connectivity index (χ1v) is 14.7. The van der Waals surface area contributed by atoms with Gasteiger partial charge in [0, 0.05) is 49.0 Å². The van der Waals surface area contributed by atoms with Gasteiger partial charge in [0.25, 0.3) is 0 Å². The van der Waals surface area contributed by atoms with Crippen LogP contribution in [0, 0.1) is 0 Å². The number of thioether (sulfide) groups is 1. The summed E-state index contributed by atoms with van der Waals surface area (Å²) in [5.41, 5.74) is -0.978. The van der Waals surface area contributed by atoms with Gasteiger partial charge in [-0.2, -0.15) is 0 Å². The normalized spacial score (nSPS) is 18.6. The summed E-state index contributed by atoms with van der Waals surface area (Å²) in [7, 11) is 1.77. The van der Waals surface area contributed by atoms with Gasteiger partial charge in [0.15, 0.2) is 5.12 Å². The van der Waals surface area contributed by atoms with Crippen LogP contribution in [0.25, 0.3) is 0 Å². The van der Waals surface area contributed by atoms with Gasteiger partial charge >= 0.3 is 12.2 Å². The molecular formula is C22H39ClN2O7S2. The van der Waals surface area contributed by atoms with Crippen molar-refractivity contribution in [2.45, 2.75) is 95.9 Å². The number of hydrogen-bond donors (Lipinski definition) is 0. The van der Waals surface area contributed by atoms with Gasteiger partial charge in [-0.3, -0.25) is 4.79 Å². The van der Waals surface area contributed by atoms with E-state index in [0.717, 1.165) is 12.8 Å². The average Bonchev–Trinajstić information content (AvgIpc) is 2.65. The van der Waals surface area contributed by atoms with Crippen molar-refractivity contribution in [1.29, 1.82) is 0 Å². The highest BCUT2D eigenvalue weighted by Gasteiger charge is 2.32. The maximum Gasteiger partial charge on any atom is 0.410 e. The summed E-state index contributed by atoms with van der Waals surface area (Å²) >= 11 is 1.38. The highest BCUT2D eigenvalue weighted by molar-refractivity contribution is 8.14. The van der Waals surface area contributed by atoms with Crippen molar-refractivity contribution in [1.82, 2.24) is 9.80 Å². The van der Waals surface area contributed by atoms with Crippen molar-refractivity contribution in [3.63, 3.8) is 0 Å². The van der Waals surface area contributed by atoms with Crippen molar-refractivity contribution in [3.05, 3.63) is 0 Å². The molecule has 0 bridgehead atoms. The lowest BCUT2D eigenvalue weighted by atomic mass is 10.1. The molecule has 0 aromatic rings. The topological polar surface area (TPSA) is 110 Å². The van der Waals surface area contributed by atoms with E-state index >= 15 is 0 Å². The highest BCUT2D eigenvalue weighted by Crippen LogP contribution is 2.25. The Labute approximate surface area is 212 Å². The zero-order valence-corrected chi connectivity index (χ0v) is 23.6. The number of amides is 2. The third-order valence-corrected chi connectivity index (χ3v) is 8.08. The van der Waals surface area contributed by atoms with E-state index in [0.29, 0.717) is 44.3 Å². The predicted octanol–water partition coefficient (Wildman–Crippen LogP) is 4.62. The minimum atomic E-state index is -3.52. The van der Waals surface area contributed by atoms with Crippen LogP contribution in [0.1, 0.15) is 74.1 Å². The average molecular weight is 543 g/mol. The van der Waals surface area contributed by atoms with Crippen molar-refractivity contribution < 1.29 is 32.3 Å². The molecule has 0 spiro atoms. The lowest BCUT2D eigenvalue weighted by Crippen LogP contribution is -2.44. The number of likely N-dealkylation sites (tertiary alicyclic amines) is 2. The van der Waals surface area contributed by atoms with Gasteiger partial charge in [-0.1, -0.05) is 11.8 Å². The number of hydrogen-bond acceptors (Lipinski definition) is 8. The molecule has 0 saturated carbocycles. The molecule has 0 aromatic carbocycles. The maximum atomic E-state index is 11.8. The number of carbonyl (C=O) groups excluding carboxylic acids is 3. The fraction of sp³-hybridized carbons (Fsp3) is 0.864. The van der Waals surface area contributed by atoms with Crippen LogP contribution in [-0.2, 0) is 23.3 Å². The Morgan fingerprint density at radius 3 is 1.44 bits per heavy atom. The molecule has 12 heteroatoms. The first-order valence-electron chi connectivity index (χ1n) is 11.4. The van der Waals surface area contributed by atoms with E-state index in [-0.39, 0.29) is 11.2 Å². The minimum absolute atomic E-state index is 0.153. The zero-order chi connectivity index (χ0) is 26.3. The van der Waals surface area contributed by atoms with Gasteiger partial charge in [-0.15, -0.1) is 0 Å². The summed E-state index contributed by atoms with van der Waals surface area (Å²) in [6.45, 7) is 14.7. The molecule has 2 aliphatic heterocycles. The molecule has 0 aromatic heterocycles. The van der Waals surface area contributed by atoms with Crippen molar-refractivity contribution >= 4 is 48.8 Å². The van der Waals surface area contributed by atoms with Gasteiger partial charge in [0.05, 0.1) is 5.25 Å². The SMILES string of the molecule is CC(=O)SC1CCN(C(=O)OC(C)(C)C)CC1.CC(C)(C)OC(=O)N1CCC(S(=O)(=O)Cl)CC1. The van der Waals surface area contributed by atoms with Crippen LogP contribution in [0.2, 0.25) is 0 Å². The fourth-order valence-electron chi connectivity index (χ4n) is 3.36. The smallest absolute Gasteiger partial charge is 0.410 e. The number of ether oxygens (including phenoxy) is 2. The standard InChI is InChI=1S/C12H21NO3S.C10H18ClNO4S/c1-9(14)17-10-5-7-13(8-6-10)11(15)16-12(2,3)4;1-10(2,3)16-9(13)12-6-4-8(5-7-12)17(11,14)15/h10H,5-8H2,1-4H3;8H,4-7H2,1-3H3. The van der Waals surface area contributed by atoms with Crippen LogP contribution in [0.3, 0.4) is 0 Å². The lowest BCUT2D eigenvalue weighted by molar-refractivity contribution is -0.109. The number of halogens is 1. The van der Waals surface area contributed by atoms with E-state index in [1.165, 1.54) is 16.7 Å². The molecule has 0 N–H and O–H groups in total. The molecular weight excluding hydrogens is 504 g/mol. The Morgan fingerprint density at radius 1 is 0.794 bits per heavy atom. The van der Waals surface area contributed by atoms with Crippen LogP contribution >= 0.6 is 22.4 Å². The summed E-state index contributed by atoms with van der Waals surface area (Å²) in [6, 6.07) is 0. The largest absolute Gasteiger partial charge is 0.444 e. The lowest BCUT2D eigenvalue weighted by Gasteiger charge is -2.32. The first-order chi connectivity index (χ1) is 15.4. The van der Waals surface area contributed by atoms with E-state index in [1.807, 2.05) is 20.8 Å². The van der Waals surface area contributed by atoms with Crippen LogP contribution in [0.5, 0.6) is 0 Å². The van der Waals surface area contributed by atoms with E-state index in [9.17, 15) is 22.8 Å². The second-order valence-corrected chi connectivity index (χ2v) is 14.8. The molecule has 0 aliphatic carbocycles. The van der Waals surface area contributed by atoms with E-state index in [1.54, 1.807) is 32.6 Å². The fourth-order valence-corrected chi connectivity index (χ4v) is 5.59. The van der Waals surface area contributed by atoms with E-state index in [4.69, 9.17) is 20.2 Å². The second-order valence-electron chi connectivity index (χ2n) is 10.4. The van der Waals surface area contributed by atoms with Crippen molar-refractivity contribution in [2.75, 3.05) is 26.2 Å². The third-order valence-electron chi connectivity index (χ3n) is 4.92. The molecule has 2 fully saturated rings. The first kappa shape index (κ1) is 30.8. The van der Waals surface area contributed by atoms with Crippen LogP contribution < -0.4 is 0 Å². The van der Waals surface area contributed by atoms with Crippen molar-refractivity contribution in [2.24, 2.45) is 0 Å². The summed E-state index contributed by atoms with van der Waals surface area (Å²) in [5, 5.41) is -0.0465. The van der Waals surface area contributed by atoms with Gasteiger partial charge in [-0.25, -0.2) is 18.0 Å². The second kappa shape index (κ2) is 12.7. The van der Waals surface area contributed by atoms with Crippen LogP contribution in [0.15, 0.2) is 0 Å². The molecule has 9 nitrogen and oxygen atoms in total. The monoisotopic (exact) mass is 542 g/mol. The molecule has 34 heavy (non-hydrogen) atoms. The summed E-state index contributed by atoms with van der Waals surface area (Å²) in [5.74, 6) is 0. The number of rotatable bonds is 2. The van der Waals surface area contributed by atoms with Gasteiger partial charge in [0.2, 0.25) is 9.05 Å². The van der Waals surface area contributed by atoms with Crippen LogP contribution in [-0.4, -0.2) is 83.4 Å². The molecule has 2 heterocycles. The number of nitrogens with zero attached hydrogens (tertiary/aromatic N) is 2. The highest BCUT2D eigenvalue weighted by atomic mass is 35.7. The molecule has 0 unspecified atom stereocenters. The van der Waals surface area contributed by atoms with Gasteiger partial charge in [-0.05, 0) is 67.2 Å². The Morgan fingerprint density at radius 2 is 1.15 bits per heavy atom. The summed E-state index contributed by atoms with van der Waals surface area (Å²) < 4.78 is 32.8. The molecule has 2 rings (SSSR count). The molecule has 0 radical (unpaired) electrons. The Hall–Kier alpha value is -1.20. The quantitative estimate of drug-likeness (QED) is 0.465. The van der Waals surface area contributed by atoms with E-state index in [2.05, 4.69) is 0 Å². The van der Waals surface area contributed by atoms with Gasteiger partial charge in [0.1, 0.15) is 11.2 Å². The van der Waals surface area contributed by atoms with Crippen LogP contribution in [0.4, 0.5) is 9.59 Å². The molecule has 2 aliphatic rings. The predicted molar refractivity (Wildman–Crippen MR) is 135 cm³/mol. The number of carbonyl (C=O) groups is 3. The summed E-state index contributed by atoms with van der Waals surface area (Å²) in [6.07, 6.45) is 1.81. The molecule has 2 amide bonds. The van der Waals surface area contributed by atoms with Gasteiger partial charge < -0.3 is 19.3 Å². The third kappa shape index (κ3) is 12.5. The Balaban J connectivity index is 0.000000340. The maximum absolute atomic E-state index is 11.8. The summed E-state index contributed by atoms with van der Waals surface area (Å²) in [4.78, 5) is 37.7. The zero-order valence-electron chi connectivity index (χ0n) is 21.3. The Bertz CT molecular complexity index is 806. The molecule has 0 atom stereocenters.